The average Bonchev–Trinajstić information content (AvgIpc) is 3.57. The summed E-state index contributed by atoms with van der Waals surface area (Å²) in [5.41, 5.74) is 5.32. The summed E-state index contributed by atoms with van der Waals surface area (Å²) in [5.74, 6) is -1.67. The van der Waals surface area contributed by atoms with Crippen LogP contribution in [0.1, 0.15) is 42.4 Å². The molecule has 1 saturated heterocycles. The first kappa shape index (κ1) is 26.4. The zero-order valence-corrected chi connectivity index (χ0v) is 21.8. The van der Waals surface area contributed by atoms with Crippen LogP contribution in [0.25, 0.3) is 11.1 Å². The molecule has 1 aliphatic carbocycles. The number of carbonyl (C=O) groups is 3. The average molecular weight is 529 g/mol. The minimum atomic E-state index is -1.11. The van der Waals surface area contributed by atoms with Crippen molar-refractivity contribution in [2.45, 2.75) is 50.5 Å². The number of nitrogens with zero attached hydrogens (tertiary/aromatic N) is 1. The Morgan fingerprint density at radius 3 is 2.21 bits per heavy atom. The second kappa shape index (κ2) is 11.7. The number of likely N-dealkylation sites (tertiary alicyclic amines) is 1. The molecule has 2 amide bonds. The number of ether oxygens (including phenoxy) is 2. The Kier molecular flexibility index (Phi) is 7.93. The standard InChI is InChI=1S/C31H32N2O6/c1-20(38-18-21-10-3-2-4-11-21)28(29(34)33-17-9-16-27(33)30(35)36)32-31(37)39-19-26-24-14-7-5-12-22(24)23-13-6-8-15-25(23)26/h2-8,10-15,20,26-28H,9,16-19H2,1H3,(H,32,37)(H,35,36)/t20?,27-,28?/m0/s1. The maximum Gasteiger partial charge on any atom is 0.407 e. The molecule has 39 heavy (non-hydrogen) atoms. The molecule has 3 aromatic rings. The van der Waals surface area contributed by atoms with Gasteiger partial charge in [0.2, 0.25) is 5.91 Å². The van der Waals surface area contributed by atoms with E-state index in [0.717, 1.165) is 27.8 Å². The fourth-order valence-corrected chi connectivity index (χ4v) is 5.51. The molecule has 8 nitrogen and oxygen atoms in total. The lowest BCUT2D eigenvalue weighted by Crippen LogP contribution is -2.56. The SMILES string of the molecule is CC(OCc1ccccc1)C(NC(=O)OCC1c2ccccc2-c2ccccc21)C(=O)N1CCC[C@H]1C(=O)O. The maximum atomic E-state index is 13.5. The van der Waals surface area contributed by atoms with Gasteiger partial charge in [-0.15, -0.1) is 0 Å². The van der Waals surface area contributed by atoms with E-state index in [2.05, 4.69) is 17.4 Å². The predicted octanol–water partition coefficient (Wildman–Crippen LogP) is 4.57. The lowest BCUT2D eigenvalue weighted by molar-refractivity contribution is -0.150. The molecule has 0 saturated carbocycles. The van der Waals surface area contributed by atoms with Crippen molar-refractivity contribution >= 4 is 18.0 Å². The van der Waals surface area contributed by atoms with Crippen LogP contribution in [0.2, 0.25) is 0 Å². The van der Waals surface area contributed by atoms with Gasteiger partial charge in [-0.3, -0.25) is 4.79 Å². The van der Waals surface area contributed by atoms with E-state index in [1.54, 1.807) is 6.92 Å². The minimum Gasteiger partial charge on any atom is -0.480 e. The third kappa shape index (κ3) is 5.66. The van der Waals surface area contributed by atoms with Crippen LogP contribution in [0, 0.1) is 0 Å². The molecular formula is C31H32N2O6. The number of fused-ring (bicyclic) bond motifs is 3. The zero-order chi connectivity index (χ0) is 27.4. The Balaban J connectivity index is 1.29. The molecule has 2 unspecified atom stereocenters. The fourth-order valence-electron chi connectivity index (χ4n) is 5.51. The third-order valence-corrected chi connectivity index (χ3v) is 7.53. The second-order valence-corrected chi connectivity index (χ2v) is 9.98. The van der Waals surface area contributed by atoms with Crippen molar-refractivity contribution in [1.29, 1.82) is 0 Å². The number of aliphatic carboxylic acids is 1. The van der Waals surface area contributed by atoms with E-state index < -0.39 is 36.2 Å². The lowest BCUT2D eigenvalue weighted by atomic mass is 9.98. The molecule has 0 aromatic heterocycles. The van der Waals surface area contributed by atoms with Crippen LogP contribution in [0.5, 0.6) is 0 Å². The van der Waals surface area contributed by atoms with E-state index in [-0.39, 0.29) is 19.1 Å². The van der Waals surface area contributed by atoms with Crippen molar-refractivity contribution in [3.8, 4) is 11.1 Å². The highest BCUT2D eigenvalue weighted by molar-refractivity contribution is 5.90. The van der Waals surface area contributed by atoms with E-state index in [0.29, 0.717) is 19.4 Å². The van der Waals surface area contributed by atoms with Crippen LogP contribution < -0.4 is 5.32 Å². The van der Waals surface area contributed by atoms with Crippen molar-refractivity contribution in [1.82, 2.24) is 10.2 Å². The number of carboxylic acids is 1. The van der Waals surface area contributed by atoms with Gasteiger partial charge in [-0.2, -0.15) is 0 Å². The molecule has 3 aromatic carbocycles. The predicted molar refractivity (Wildman–Crippen MR) is 145 cm³/mol. The van der Waals surface area contributed by atoms with Gasteiger partial charge in [-0.25, -0.2) is 9.59 Å². The second-order valence-electron chi connectivity index (χ2n) is 9.98. The molecule has 1 fully saturated rings. The summed E-state index contributed by atoms with van der Waals surface area (Å²) in [6.07, 6.45) is -0.526. The summed E-state index contributed by atoms with van der Waals surface area (Å²) in [6.45, 7) is 2.34. The topological polar surface area (TPSA) is 105 Å². The molecule has 2 aliphatic rings. The highest BCUT2D eigenvalue weighted by Crippen LogP contribution is 2.44. The van der Waals surface area contributed by atoms with E-state index >= 15 is 0 Å². The molecule has 0 bridgehead atoms. The number of hydrogen-bond donors (Lipinski definition) is 2. The molecule has 5 rings (SSSR count). The largest absolute Gasteiger partial charge is 0.480 e. The molecule has 0 spiro atoms. The number of benzene rings is 3. The first-order chi connectivity index (χ1) is 18.9. The quantitative estimate of drug-likeness (QED) is 0.422. The Bertz CT molecular complexity index is 1300. The van der Waals surface area contributed by atoms with Crippen LogP contribution in [-0.4, -0.2) is 59.3 Å². The van der Waals surface area contributed by atoms with Crippen molar-refractivity contribution < 1.29 is 29.0 Å². The van der Waals surface area contributed by atoms with Crippen LogP contribution in [0.15, 0.2) is 78.9 Å². The highest BCUT2D eigenvalue weighted by Gasteiger charge is 2.40. The van der Waals surface area contributed by atoms with E-state index in [1.807, 2.05) is 66.7 Å². The van der Waals surface area contributed by atoms with Crippen molar-refractivity contribution in [2.24, 2.45) is 0 Å². The van der Waals surface area contributed by atoms with Gasteiger partial charge >= 0.3 is 12.1 Å². The molecule has 0 radical (unpaired) electrons. The first-order valence-corrected chi connectivity index (χ1v) is 13.2. The molecule has 8 heteroatoms. The summed E-state index contributed by atoms with van der Waals surface area (Å²) >= 11 is 0. The third-order valence-electron chi connectivity index (χ3n) is 7.53. The summed E-state index contributed by atoms with van der Waals surface area (Å²) < 4.78 is 11.7. The molecule has 3 atom stereocenters. The Morgan fingerprint density at radius 2 is 1.56 bits per heavy atom. The zero-order valence-electron chi connectivity index (χ0n) is 21.8. The number of amides is 2. The summed E-state index contributed by atoms with van der Waals surface area (Å²) in [7, 11) is 0. The molecule has 1 aliphatic heterocycles. The van der Waals surface area contributed by atoms with Gasteiger partial charge in [0.15, 0.2) is 0 Å². The lowest BCUT2D eigenvalue weighted by Gasteiger charge is -2.30. The monoisotopic (exact) mass is 528 g/mol. The van der Waals surface area contributed by atoms with Gasteiger partial charge in [0.05, 0.1) is 12.7 Å². The minimum absolute atomic E-state index is 0.0987. The highest BCUT2D eigenvalue weighted by atomic mass is 16.5. The molecule has 2 N–H and O–H groups in total. The number of nitrogens with one attached hydrogen (secondary N) is 1. The van der Waals surface area contributed by atoms with Gasteiger partial charge in [-0.05, 0) is 47.6 Å². The maximum absolute atomic E-state index is 13.5. The van der Waals surface area contributed by atoms with Gasteiger partial charge in [0.1, 0.15) is 18.7 Å². The smallest absolute Gasteiger partial charge is 0.407 e. The molecular weight excluding hydrogens is 496 g/mol. The summed E-state index contributed by atoms with van der Waals surface area (Å²) in [5, 5.41) is 12.3. The van der Waals surface area contributed by atoms with Gasteiger partial charge < -0.3 is 24.8 Å². The van der Waals surface area contributed by atoms with Gasteiger partial charge in [0, 0.05) is 12.5 Å². The van der Waals surface area contributed by atoms with Crippen molar-refractivity contribution in [3.63, 3.8) is 0 Å². The van der Waals surface area contributed by atoms with Crippen molar-refractivity contribution in [2.75, 3.05) is 13.2 Å². The van der Waals surface area contributed by atoms with Crippen LogP contribution >= 0.6 is 0 Å². The van der Waals surface area contributed by atoms with Gasteiger partial charge in [0.25, 0.3) is 0 Å². The van der Waals surface area contributed by atoms with Crippen LogP contribution in [0.4, 0.5) is 4.79 Å². The van der Waals surface area contributed by atoms with Crippen LogP contribution in [-0.2, 0) is 25.7 Å². The Morgan fingerprint density at radius 1 is 0.949 bits per heavy atom. The summed E-state index contributed by atoms with van der Waals surface area (Å²) in [6, 6.07) is 23.6. The number of hydrogen-bond acceptors (Lipinski definition) is 5. The molecule has 202 valence electrons. The van der Waals surface area contributed by atoms with E-state index in [9.17, 15) is 19.5 Å². The number of carbonyl (C=O) groups excluding carboxylic acids is 2. The number of rotatable bonds is 9. The van der Waals surface area contributed by atoms with Crippen LogP contribution in [0.3, 0.4) is 0 Å². The van der Waals surface area contributed by atoms with E-state index in [1.165, 1.54) is 4.90 Å². The van der Waals surface area contributed by atoms with Gasteiger partial charge in [-0.1, -0.05) is 78.9 Å². The normalized spacial score (nSPS) is 17.7. The summed E-state index contributed by atoms with van der Waals surface area (Å²) in [4.78, 5) is 39.7. The Hall–Kier alpha value is -4.17. The number of alkyl carbamates (subject to hydrolysis) is 1. The fraction of sp³-hybridized carbons (Fsp3) is 0.323. The Labute approximate surface area is 227 Å². The van der Waals surface area contributed by atoms with E-state index in [4.69, 9.17) is 9.47 Å². The molecule has 1 heterocycles. The van der Waals surface area contributed by atoms with Crippen molar-refractivity contribution in [3.05, 3.63) is 95.6 Å². The first-order valence-electron chi connectivity index (χ1n) is 13.2. The number of carboxylic acid groups (broad SMARTS) is 1.